The number of carbonyl (C=O) groups is 4. The van der Waals surface area contributed by atoms with Crippen LogP contribution < -0.4 is 16.0 Å². The van der Waals surface area contributed by atoms with Crippen molar-refractivity contribution < 1.29 is 28.3 Å². The molecule has 0 bridgehead atoms. The van der Waals surface area contributed by atoms with Crippen LogP contribution in [0, 0.1) is 0 Å². The maximum Gasteiger partial charge on any atom is 0.290 e. The molecular formula is C21H27N5O6S. The highest BCUT2D eigenvalue weighted by atomic mass is 32.1. The van der Waals surface area contributed by atoms with Gasteiger partial charge in [-0.25, -0.2) is 4.98 Å². The molecule has 4 amide bonds. The fourth-order valence-electron chi connectivity index (χ4n) is 3.27. The van der Waals surface area contributed by atoms with Gasteiger partial charge in [-0.15, -0.1) is 11.3 Å². The van der Waals surface area contributed by atoms with Crippen molar-refractivity contribution in [2.24, 2.45) is 0 Å². The summed E-state index contributed by atoms with van der Waals surface area (Å²) in [5.41, 5.74) is 0.477. The van der Waals surface area contributed by atoms with Crippen molar-refractivity contribution in [1.29, 1.82) is 0 Å². The summed E-state index contributed by atoms with van der Waals surface area (Å²) in [6, 6.07) is 2.58. The Morgan fingerprint density at radius 1 is 1.33 bits per heavy atom. The summed E-state index contributed by atoms with van der Waals surface area (Å²) in [5, 5.41) is 10.1. The van der Waals surface area contributed by atoms with Crippen LogP contribution in [0.4, 0.5) is 5.13 Å². The largest absolute Gasteiger partial charge is 0.459 e. The molecule has 2 aromatic rings. The first kappa shape index (κ1) is 24.4. The zero-order valence-corrected chi connectivity index (χ0v) is 19.1. The third-order valence-electron chi connectivity index (χ3n) is 4.93. The number of aromatic nitrogens is 1. The molecule has 1 aliphatic heterocycles. The number of anilines is 1. The van der Waals surface area contributed by atoms with Crippen LogP contribution in [0.15, 0.2) is 28.2 Å². The van der Waals surface area contributed by atoms with Crippen LogP contribution in [-0.4, -0.2) is 72.9 Å². The van der Waals surface area contributed by atoms with Crippen LogP contribution in [0.2, 0.25) is 0 Å². The Bertz CT molecular complexity index is 960. The first-order valence-electron chi connectivity index (χ1n) is 10.6. The smallest absolute Gasteiger partial charge is 0.290 e. The zero-order valence-electron chi connectivity index (χ0n) is 18.3. The number of ether oxygens (including phenoxy) is 1. The molecule has 1 fully saturated rings. The van der Waals surface area contributed by atoms with Gasteiger partial charge in [0.05, 0.1) is 25.0 Å². The molecule has 0 saturated carbocycles. The fourth-order valence-corrected chi connectivity index (χ4v) is 4.00. The number of hydrogen-bond acceptors (Lipinski definition) is 8. The van der Waals surface area contributed by atoms with E-state index in [4.69, 9.17) is 9.15 Å². The Morgan fingerprint density at radius 3 is 2.94 bits per heavy atom. The van der Waals surface area contributed by atoms with Gasteiger partial charge in [-0.2, -0.15) is 0 Å². The van der Waals surface area contributed by atoms with Crippen LogP contribution in [0.25, 0.3) is 0 Å². The Kier molecular flexibility index (Phi) is 8.95. The van der Waals surface area contributed by atoms with Crippen molar-refractivity contribution in [3.8, 4) is 0 Å². The summed E-state index contributed by atoms with van der Waals surface area (Å²) in [6.07, 6.45) is 3.74. The summed E-state index contributed by atoms with van der Waals surface area (Å²) in [7, 11) is 1.51. The van der Waals surface area contributed by atoms with E-state index in [0.717, 1.165) is 12.8 Å². The molecule has 3 N–H and O–H groups in total. The SMILES string of the molecule is COCCN(CC(=O)Nc1nc(CC(=O)NC2CCCCNC2=O)cs1)C(=O)c1ccco1. The Labute approximate surface area is 194 Å². The van der Waals surface area contributed by atoms with Crippen molar-refractivity contribution in [3.05, 3.63) is 35.2 Å². The number of rotatable bonds is 10. The average molecular weight is 478 g/mol. The molecule has 1 saturated heterocycles. The van der Waals surface area contributed by atoms with Crippen molar-refractivity contribution in [2.75, 3.05) is 38.7 Å². The molecule has 0 aromatic carbocycles. The predicted octanol–water partition coefficient (Wildman–Crippen LogP) is 0.791. The number of furan rings is 1. The van der Waals surface area contributed by atoms with Gasteiger partial charge in [-0.1, -0.05) is 0 Å². The van der Waals surface area contributed by atoms with E-state index in [2.05, 4.69) is 20.9 Å². The molecule has 0 radical (unpaired) electrons. The lowest BCUT2D eigenvalue weighted by Crippen LogP contribution is -2.46. The molecule has 0 spiro atoms. The van der Waals surface area contributed by atoms with Gasteiger partial charge in [0.15, 0.2) is 10.9 Å². The van der Waals surface area contributed by atoms with Gasteiger partial charge in [-0.05, 0) is 31.4 Å². The van der Waals surface area contributed by atoms with Crippen LogP contribution in [0.5, 0.6) is 0 Å². The number of nitrogens with zero attached hydrogens (tertiary/aromatic N) is 2. The van der Waals surface area contributed by atoms with Crippen molar-refractivity contribution in [3.63, 3.8) is 0 Å². The second kappa shape index (κ2) is 12.1. The number of amides is 4. The summed E-state index contributed by atoms with van der Waals surface area (Å²) in [6.45, 7) is 0.877. The summed E-state index contributed by atoms with van der Waals surface area (Å²) in [5.74, 6) is -1.22. The first-order valence-corrected chi connectivity index (χ1v) is 11.5. The molecule has 12 heteroatoms. The highest BCUT2D eigenvalue weighted by molar-refractivity contribution is 7.13. The lowest BCUT2D eigenvalue weighted by Gasteiger charge is -2.20. The van der Waals surface area contributed by atoms with Crippen molar-refractivity contribution >= 4 is 40.1 Å². The lowest BCUT2D eigenvalue weighted by atomic mass is 10.1. The Hall–Kier alpha value is -3.25. The minimum absolute atomic E-state index is 0.00685. The lowest BCUT2D eigenvalue weighted by molar-refractivity contribution is -0.128. The molecule has 11 nitrogen and oxygen atoms in total. The Balaban J connectivity index is 1.52. The van der Waals surface area contributed by atoms with E-state index in [1.54, 1.807) is 11.4 Å². The number of nitrogens with one attached hydrogen (secondary N) is 3. The highest BCUT2D eigenvalue weighted by Gasteiger charge is 2.23. The minimum atomic E-state index is -0.539. The van der Waals surface area contributed by atoms with Crippen molar-refractivity contribution in [2.45, 2.75) is 31.7 Å². The number of thiazole rings is 1. The standard InChI is InChI=1S/C21H27N5O6S/c1-31-10-8-26(20(30)16-6-4-9-32-16)12-18(28)25-21-23-14(13-33-21)11-17(27)24-15-5-2-3-7-22-19(15)29/h4,6,9,13,15H,2-3,5,7-8,10-12H2,1H3,(H,22,29)(H,24,27)(H,23,25,28). The second-order valence-electron chi connectivity index (χ2n) is 7.47. The number of hydrogen-bond donors (Lipinski definition) is 3. The van der Waals surface area contributed by atoms with Crippen LogP contribution >= 0.6 is 11.3 Å². The van der Waals surface area contributed by atoms with E-state index in [1.807, 2.05) is 0 Å². The second-order valence-corrected chi connectivity index (χ2v) is 8.33. The zero-order chi connectivity index (χ0) is 23.6. The highest BCUT2D eigenvalue weighted by Crippen LogP contribution is 2.16. The third kappa shape index (κ3) is 7.39. The first-order chi connectivity index (χ1) is 16.0. The molecule has 3 heterocycles. The maximum absolute atomic E-state index is 12.5. The number of methoxy groups -OCH3 is 1. The molecule has 33 heavy (non-hydrogen) atoms. The van der Waals surface area contributed by atoms with E-state index in [0.29, 0.717) is 23.8 Å². The van der Waals surface area contributed by atoms with Crippen LogP contribution in [-0.2, 0) is 25.5 Å². The van der Waals surface area contributed by atoms with Crippen LogP contribution in [0.1, 0.15) is 35.5 Å². The minimum Gasteiger partial charge on any atom is -0.459 e. The molecule has 1 atom stereocenters. The number of carbonyl (C=O) groups excluding carboxylic acids is 4. The Morgan fingerprint density at radius 2 is 2.18 bits per heavy atom. The van der Waals surface area contributed by atoms with E-state index >= 15 is 0 Å². The molecule has 3 rings (SSSR count). The monoisotopic (exact) mass is 477 g/mol. The molecule has 1 unspecified atom stereocenters. The topological polar surface area (TPSA) is 143 Å². The van der Waals surface area contributed by atoms with Gasteiger partial charge in [0.25, 0.3) is 5.91 Å². The van der Waals surface area contributed by atoms with E-state index in [-0.39, 0.29) is 43.7 Å². The predicted molar refractivity (Wildman–Crippen MR) is 120 cm³/mol. The molecule has 2 aromatic heterocycles. The average Bonchev–Trinajstić information content (AvgIpc) is 3.43. The van der Waals surface area contributed by atoms with Gasteiger partial charge in [-0.3, -0.25) is 19.2 Å². The summed E-state index contributed by atoms with van der Waals surface area (Å²) in [4.78, 5) is 54.9. The fraction of sp³-hybridized carbons (Fsp3) is 0.476. The van der Waals surface area contributed by atoms with Crippen molar-refractivity contribution in [1.82, 2.24) is 20.5 Å². The van der Waals surface area contributed by atoms with E-state index in [9.17, 15) is 19.2 Å². The van der Waals surface area contributed by atoms with Gasteiger partial charge < -0.3 is 30.0 Å². The van der Waals surface area contributed by atoms with E-state index < -0.39 is 17.9 Å². The molecule has 1 aliphatic rings. The van der Waals surface area contributed by atoms with Gasteiger partial charge >= 0.3 is 0 Å². The maximum atomic E-state index is 12.5. The van der Waals surface area contributed by atoms with Gasteiger partial charge in [0, 0.05) is 25.6 Å². The van der Waals surface area contributed by atoms with Gasteiger partial charge in [0.1, 0.15) is 12.6 Å². The van der Waals surface area contributed by atoms with E-state index in [1.165, 1.54) is 35.7 Å². The quantitative estimate of drug-likeness (QED) is 0.459. The summed E-state index contributed by atoms with van der Waals surface area (Å²) >= 11 is 1.17. The van der Waals surface area contributed by atoms with Crippen LogP contribution in [0.3, 0.4) is 0 Å². The third-order valence-corrected chi connectivity index (χ3v) is 5.74. The molecule has 0 aliphatic carbocycles. The normalized spacial score (nSPS) is 15.9. The molecular weight excluding hydrogens is 450 g/mol. The summed E-state index contributed by atoms with van der Waals surface area (Å²) < 4.78 is 10.1. The molecule has 178 valence electrons. The van der Waals surface area contributed by atoms with Gasteiger partial charge in [0.2, 0.25) is 17.7 Å².